The Morgan fingerprint density at radius 2 is 1.88 bits per heavy atom. The van der Waals surface area contributed by atoms with Gasteiger partial charge in [0.25, 0.3) is 0 Å². The van der Waals surface area contributed by atoms with E-state index in [1.165, 1.54) is 31.1 Å². The predicted molar refractivity (Wildman–Crippen MR) is 106 cm³/mol. The van der Waals surface area contributed by atoms with Gasteiger partial charge in [0.15, 0.2) is 34.7 Å². The molecule has 2 saturated carbocycles. The third-order valence-electron chi connectivity index (χ3n) is 7.07. The minimum Gasteiger partial charge on any atom is -0.507 e. The van der Waals surface area contributed by atoms with Crippen molar-refractivity contribution in [1.82, 2.24) is 4.90 Å². The number of ketones is 4. The van der Waals surface area contributed by atoms with E-state index in [1.807, 2.05) is 6.07 Å². The largest absolute Gasteiger partial charge is 0.507 e. The molecule has 1 aromatic carbocycles. The van der Waals surface area contributed by atoms with Crippen molar-refractivity contribution in [2.75, 3.05) is 14.1 Å². The number of rotatable bonds is 2. The molecule has 32 heavy (non-hydrogen) atoms. The van der Waals surface area contributed by atoms with Gasteiger partial charge in [0.05, 0.1) is 29.2 Å². The number of benzene rings is 1. The average Bonchev–Trinajstić information content (AvgIpc) is 2.70. The maximum absolute atomic E-state index is 13.5. The maximum Gasteiger partial charge on any atom is 0.235 e. The number of Topliss-reactive ketones (excluding diaryl/α,β-unsaturated/α-hetero) is 4. The quantitative estimate of drug-likeness (QED) is 0.474. The van der Waals surface area contributed by atoms with Crippen molar-refractivity contribution in [3.63, 3.8) is 0 Å². The highest BCUT2D eigenvalue weighted by molar-refractivity contribution is 6.32. The molecule has 0 saturated heterocycles. The highest BCUT2D eigenvalue weighted by atomic mass is 16.3. The summed E-state index contributed by atoms with van der Waals surface area (Å²) in [7, 11) is 3.03. The SMILES string of the molecule is CN(C)[C@H]1C(=O)C(C(N)=O)C(=O)[C@]2(O)C(=O)C3C(=O)c4c(O)ccc(C#N)c4C[C@@H]3C[C@H]12. The van der Waals surface area contributed by atoms with E-state index < -0.39 is 70.1 Å². The first-order chi connectivity index (χ1) is 15.0. The van der Waals surface area contributed by atoms with Crippen molar-refractivity contribution in [3.05, 3.63) is 28.8 Å². The highest BCUT2D eigenvalue weighted by Gasteiger charge is 2.69. The number of carbonyl (C=O) groups is 5. The molecule has 0 bridgehead atoms. The Morgan fingerprint density at radius 3 is 2.44 bits per heavy atom. The van der Waals surface area contributed by atoms with Gasteiger partial charge < -0.3 is 15.9 Å². The van der Waals surface area contributed by atoms with Crippen LogP contribution < -0.4 is 5.73 Å². The molecule has 4 rings (SSSR count). The second-order valence-corrected chi connectivity index (χ2v) is 8.89. The highest BCUT2D eigenvalue weighted by Crippen LogP contribution is 2.50. The van der Waals surface area contributed by atoms with Gasteiger partial charge in [0, 0.05) is 5.92 Å². The van der Waals surface area contributed by atoms with Crippen LogP contribution in [-0.2, 0) is 25.6 Å². The van der Waals surface area contributed by atoms with Gasteiger partial charge in [-0.2, -0.15) is 5.26 Å². The van der Waals surface area contributed by atoms with Crippen LogP contribution in [0.15, 0.2) is 12.1 Å². The fourth-order valence-corrected chi connectivity index (χ4v) is 5.71. The number of aromatic hydroxyl groups is 1. The van der Waals surface area contributed by atoms with Crippen LogP contribution in [0.3, 0.4) is 0 Å². The smallest absolute Gasteiger partial charge is 0.235 e. The molecule has 1 amide bonds. The number of carbonyl (C=O) groups excluding carboxylic acids is 5. The Balaban J connectivity index is 1.90. The van der Waals surface area contributed by atoms with Crippen LogP contribution >= 0.6 is 0 Å². The number of nitriles is 1. The van der Waals surface area contributed by atoms with Gasteiger partial charge >= 0.3 is 0 Å². The lowest BCUT2D eigenvalue weighted by molar-refractivity contribution is -0.181. The monoisotopic (exact) mass is 439 g/mol. The first-order valence-corrected chi connectivity index (χ1v) is 10.1. The number of aliphatic hydroxyl groups is 1. The Morgan fingerprint density at radius 1 is 1.22 bits per heavy atom. The number of amides is 1. The number of phenols is 1. The van der Waals surface area contributed by atoms with E-state index in [-0.39, 0.29) is 24.0 Å². The molecule has 0 spiro atoms. The second kappa shape index (κ2) is 7.05. The topological polar surface area (TPSA) is 179 Å². The third kappa shape index (κ3) is 2.61. The number of hydrogen-bond acceptors (Lipinski definition) is 9. The Hall–Kier alpha value is -3.42. The molecule has 0 heterocycles. The Labute approximate surface area is 182 Å². The van der Waals surface area contributed by atoms with Gasteiger partial charge in [-0.15, -0.1) is 0 Å². The zero-order chi connectivity index (χ0) is 23.7. The van der Waals surface area contributed by atoms with Crippen molar-refractivity contribution in [2.45, 2.75) is 24.5 Å². The predicted octanol–water partition coefficient (Wildman–Crippen LogP) is -1.26. The molecule has 1 aromatic rings. The molecule has 10 nitrogen and oxygen atoms in total. The van der Waals surface area contributed by atoms with E-state index in [1.54, 1.807) is 0 Å². The summed E-state index contributed by atoms with van der Waals surface area (Å²) in [5, 5.41) is 31.1. The van der Waals surface area contributed by atoms with Crippen molar-refractivity contribution < 1.29 is 34.2 Å². The van der Waals surface area contributed by atoms with Gasteiger partial charge in [-0.05, 0) is 50.6 Å². The molecule has 2 fully saturated rings. The number of fused-ring (bicyclic) bond motifs is 3. The van der Waals surface area contributed by atoms with E-state index in [0.29, 0.717) is 5.56 Å². The van der Waals surface area contributed by atoms with Gasteiger partial charge in [-0.1, -0.05) is 0 Å². The van der Waals surface area contributed by atoms with Gasteiger partial charge in [-0.3, -0.25) is 28.9 Å². The summed E-state index contributed by atoms with van der Waals surface area (Å²) in [6, 6.07) is 3.36. The fraction of sp³-hybridized carbons (Fsp3) is 0.455. The number of hydrogen-bond donors (Lipinski definition) is 3. The third-order valence-corrected chi connectivity index (χ3v) is 7.07. The van der Waals surface area contributed by atoms with Crippen LogP contribution in [0.25, 0.3) is 0 Å². The number of primary amides is 1. The summed E-state index contributed by atoms with van der Waals surface area (Å²) in [4.78, 5) is 66.2. The second-order valence-electron chi connectivity index (χ2n) is 8.89. The summed E-state index contributed by atoms with van der Waals surface area (Å²) >= 11 is 0. The summed E-state index contributed by atoms with van der Waals surface area (Å²) in [6.45, 7) is 0. The van der Waals surface area contributed by atoms with Gasteiger partial charge in [0.2, 0.25) is 5.91 Å². The zero-order valence-electron chi connectivity index (χ0n) is 17.4. The van der Waals surface area contributed by atoms with Crippen LogP contribution in [0.2, 0.25) is 0 Å². The van der Waals surface area contributed by atoms with Crippen molar-refractivity contribution in [2.24, 2.45) is 29.4 Å². The van der Waals surface area contributed by atoms with Crippen molar-refractivity contribution in [3.8, 4) is 11.8 Å². The summed E-state index contributed by atoms with van der Waals surface area (Å²) in [5.74, 6) is -11.1. The number of nitrogens with two attached hydrogens (primary N) is 1. The molecule has 0 radical (unpaired) electrons. The molecule has 6 atom stereocenters. The molecule has 3 aliphatic rings. The molecule has 0 aliphatic heterocycles. The first-order valence-electron chi connectivity index (χ1n) is 10.1. The van der Waals surface area contributed by atoms with Crippen molar-refractivity contribution in [1.29, 1.82) is 5.26 Å². The number of phenolic OH excluding ortho intramolecular Hbond substituents is 1. The molecule has 166 valence electrons. The summed E-state index contributed by atoms with van der Waals surface area (Å²) < 4.78 is 0. The van der Waals surface area contributed by atoms with Crippen molar-refractivity contribution >= 4 is 29.0 Å². The van der Waals surface area contributed by atoms with Crippen LogP contribution in [0.4, 0.5) is 0 Å². The first kappa shape index (κ1) is 21.8. The summed E-state index contributed by atoms with van der Waals surface area (Å²) in [6.07, 6.45) is 0.0214. The molecule has 2 unspecified atom stereocenters. The molecule has 4 N–H and O–H groups in total. The van der Waals surface area contributed by atoms with E-state index >= 15 is 0 Å². The lowest BCUT2D eigenvalue weighted by Gasteiger charge is -2.52. The number of nitrogens with zero attached hydrogens (tertiary/aromatic N) is 2. The fourth-order valence-electron chi connectivity index (χ4n) is 5.71. The number of likely N-dealkylation sites (N-methyl/N-ethyl adjacent to an activating group) is 1. The minimum atomic E-state index is -2.75. The van der Waals surface area contributed by atoms with Crippen LogP contribution in [0.1, 0.15) is 27.9 Å². The molecular weight excluding hydrogens is 418 g/mol. The van der Waals surface area contributed by atoms with Crippen LogP contribution in [-0.4, -0.2) is 69.9 Å². The van der Waals surface area contributed by atoms with Crippen LogP contribution in [0.5, 0.6) is 5.75 Å². The van der Waals surface area contributed by atoms with Gasteiger partial charge in [-0.25, -0.2) is 0 Å². The average molecular weight is 439 g/mol. The molecule has 10 heteroatoms. The Kier molecular flexibility index (Phi) is 4.80. The lowest BCUT2D eigenvalue weighted by atomic mass is 9.52. The minimum absolute atomic E-state index is 0.0512. The van der Waals surface area contributed by atoms with Crippen LogP contribution in [0, 0.1) is 35.0 Å². The normalized spacial score (nSPS) is 33.9. The standard InChI is InChI=1S/C22H21N3O7/c1-25(2)16-11-6-9-5-10-8(7-23)3-4-12(26)14(10)17(27)13(9)19(29)22(11,32)20(30)15(18(16)28)21(24)31/h3-4,9,11,13,15-16,26,32H,5-6H2,1-2H3,(H2,24,31)/t9-,11-,13?,15?,16-,22-/m1/s1. The maximum atomic E-state index is 13.5. The van der Waals surface area contributed by atoms with Gasteiger partial charge in [0.1, 0.15) is 5.75 Å². The Bertz CT molecular complexity index is 1150. The zero-order valence-corrected chi connectivity index (χ0v) is 17.4. The van der Waals surface area contributed by atoms with E-state index in [2.05, 4.69) is 0 Å². The molecule has 0 aromatic heterocycles. The van der Waals surface area contributed by atoms with E-state index in [4.69, 9.17) is 5.73 Å². The van der Waals surface area contributed by atoms with E-state index in [0.717, 1.165) is 0 Å². The van der Waals surface area contributed by atoms with E-state index in [9.17, 15) is 39.4 Å². The molecular formula is C22H21N3O7. The summed E-state index contributed by atoms with van der Waals surface area (Å²) in [5.41, 5.74) is 2.79. The lowest BCUT2D eigenvalue weighted by Crippen LogP contribution is -2.74. The molecule has 3 aliphatic carbocycles.